The first-order chi connectivity index (χ1) is 28.3. The standard InChI is InChI=1S/2C21H32N2O6.H2O/c2*1-25-18-12-16(13-19(26-2)21(18)27-3)14-20(24)23-5-4-17(15-23)29-11-8-22-6-9-28-10-7-22;/h2*12-13,17H,4-11,14-15H2,1-3H3;1H2. The van der Waals surface area contributed by atoms with E-state index in [0.29, 0.717) is 60.8 Å². The van der Waals surface area contributed by atoms with Gasteiger partial charge in [0.15, 0.2) is 23.0 Å². The number of hydrogen-bond acceptors (Lipinski definition) is 14. The summed E-state index contributed by atoms with van der Waals surface area (Å²) in [5, 5.41) is 0. The lowest BCUT2D eigenvalue weighted by molar-refractivity contribution is -0.130. The van der Waals surface area contributed by atoms with Crippen molar-refractivity contribution in [3.63, 3.8) is 0 Å². The Morgan fingerprint density at radius 2 is 0.881 bits per heavy atom. The first-order valence-corrected chi connectivity index (χ1v) is 20.3. The molecule has 4 fully saturated rings. The van der Waals surface area contributed by atoms with Crippen LogP contribution >= 0.6 is 0 Å². The molecule has 0 aromatic heterocycles. The van der Waals surface area contributed by atoms with Crippen molar-refractivity contribution in [3.8, 4) is 34.5 Å². The topological polar surface area (TPSA) is 171 Å². The Morgan fingerprint density at radius 3 is 1.19 bits per heavy atom. The monoisotopic (exact) mass is 834 g/mol. The van der Waals surface area contributed by atoms with E-state index in [9.17, 15) is 9.59 Å². The molecule has 6 rings (SSSR count). The van der Waals surface area contributed by atoms with Gasteiger partial charge in [-0.2, -0.15) is 0 Å². The fraction of sp³-hybridized carbons (Fsp3) is 0.667. The fourth-order valence-corrected chi connectivity index (χ4v) is 7.58. The van der Waals surface area contributed by atoms with Crippen LogP contribution in [0.15, 0.2) is 24.3 Å². The molecule has 4 aliphatic rings. The molecule has 0 saturated carbocycles. The van der Waals surface area contributed by atoms with Crippen LogP contribution in [0.3, 0.4) is 0 Å². The van der Waals surface area contributed by atoms with Crippen LogP contribution < -0.4 is 28.4 Å². The Hall–Kier alpha value is -4.10. The largest absolute Gasteiger partial charge is 0.493 e. The highest BCUT2D eigenvalue weighted by Crippen LogP contribution is 2.39. The number of carbonyl (C=O) groups excluding carboxylic acids is 2. The van der Waals surface area contributed by atoms with Crippen molar-refractivity contribution in [1.82, 2.24) is 19.6 Å². The molecular formula is C42H66N4O13. The highest BCUT2D eigenvalue weighted by Gasteiger charge is 2.29. The molecule has 2 aromatic carbocycles. The molecule has 59 heavy (non-hydrogen) atoms. The molecule has 17 heteroatoms. The second-order valence-electron chi connectivity index (χ2n) is 14.6. The first kappa shape index (κ1) is 47.6. The van der Waals surface area contributed by atoms with E-state index in [1.165, 1.54) is 0 Å². The predicted octanol–water partition coefficient (Wildman–Crippen LogP) is 1.58. The van der Waals surface area contributed by atoms with Crippen LogP contribution in [-0.4, -0.2) is 197 Å². The molecule has 0 radical (unpaired) electrons. The quantitative estimate of drug-likeness (QED) is 0.212. The summed E-state index contributed by atoms with van der Waals surface area (Å²) < 4.78 is 54.9. The van der Waals surface area contributed by atoms with Gasteiger partial charge in [-0.25, -0.2) is 0 Å². The maximum absolute atomic E-state index is 12.8. The maximum Gasteiger partial charge on any atom is 0.227 e. The van der Waals surface area contributed by atoms with Crippen molar-refractivity contribution in [2.24, 2.45) is 0 Å². The van der Waals surface area contributed by atoms with E-state index in [-0.39, 0.29) is 42.3 Å². The second-order valence-corrected chi connectivity index (χ2v) is 14.6. The van der Waals surface area contributed by atoms with Gasteiger partial charge in [0.25, 0.3) is 0 Å². The number of carbonyl (C=O) groups is 2. The molecule has 4 heterocycles. The van der Waals surface area contributed by atoms with Crippen molar-refractivity contribution in [3.05, 3.63) is 35.4 Å². The number of benzene rings is 2. The molecule has 0 aliphatic carbocycles. The summed E-state index contributed by atoms with van der Waals surface area (Å²) in [6, 6.07) is 7.30. The maximum atomic E-state index is 12.8. The molecule has 0 spiro atoms. The molecule has 2 N–H and O–H groups in total. The second kappa shape index (κ2) is 24.9. The van der Waals surface area contributed by atoms with Gasteiger partial charge >= 0.3 is 0 Å². The molecular weight excluding hydrogens is 768 g/mol. The zero-order valence-electron chi connectivity index (χ0n) is 35.8. The summed E-state index contributed by atoms with van der Waals surface area (Å²) in [5.41, 5.74) is 1.67. The lowest BCUT2D eigenvalue weighted by Gasteiger charge is -2.26. The van der Waals surface area contributed by atoms with Gasteiger partial charge in [-0.1, -0.05) is 0 Å². The molecule has 17 nitrogen and oxygen atoms in total. The minimum atomic E-state index is 0. The number of nitrogens with zero attached hydrogens (tertiary/aromatic N) is 4. The summed E-state index contributed by atoms with van der Waals surface area (Å²) >= 11 is 0. The molecule has 2 unspecified atom stereocenters. The number of rotatable bonds is 18. The molecule has 4 aliphatic heterocycles. The zero-order chi connectivity index (χ0) is 41.3. The highest BCUT2D eigenvalue weighted by molar-refractivity contribution is 5.80. The van der Waals surface area contributed by atoms with E-state index >= 15 is 0 Å². The van der Waals surface area contributed by atoms with Gasteiger partial charge in [-0.15, -0.1) is 0 Å². The van der Waals surface area contributed by atoms with E-state index in [1.54, 1.807) is 42.7 Å². The van der Waals surface area contributed by atoms with Gasteiger partial charge in [-0.3, -0.25) is 19.4 Å². The summed E-state index contributed by atoms with van der Waals surface area (Å²) in [6.07, 6.45) is 2.56. The predicted molar refractivity (Wildman–Crippen MR) is 220 cm³/mol. The van der Waals surface area contributed by atoms with E-state index < -0.39 is 0 Å². The third-order valence-electron chi connectivity index (χ3n) is 10.9. The van der Waals surface area contributed by atoms with E-state index in [0.717, 1.165) is 103 Å². The smallest absolute Gasteiger partial charge is 0.227 e. The average molecular weight is 835 g/mol. The van der Waals surface area contributed by atoms with E-state index in [2.05, 4.69) is 9.80 Å². The van der Waals surface area contributed by atoms with Gasteiger partial charge in [0.2, 0.25) is 23.3 Å². The van der Waals surface area contributed by atoms with Crippen molar-refractivity contribution >= 4 is 11.8 Å². The summed E-state index contributed by atoms with van der Waals surface area (Å²) in [4.78, 5) is 34.0. The summed E-state index contributed by atoms with van der Waals surface area (Å²) in [5.74, 6) is 3.45. The first-order valence-electron chi connectivity index (χ1n) is 20.3. The Balaban J connectivity index is 0.000000256. The third kappa shape index (κ3) is 14.0. The van der Waals surface area contributed by atoms with Gasteiger partial charge in [0, 0.05) is 65.4 Å². The van der Waals surface area contributed by atoms with E-state index in [1.807, 2.05) is 34.1 Å². The van der Waals surface area contributed by atoms with Crippen LogP contribution in [0.25, 0.3) is 0 Å². The van der Waals surface area contributed by atoms with Gasteiger partial charge < -0.3 is 62.6 Å². The highest BCUT2D eigenvalue weighted by atomic mass is 16.5. The average Bonchev–Trinajstić information content (AvgIpc) is 3.94. The van der Waals surface area contributed by atoms with Crippen LogP contribution in [0.2, 0.25) is 0 Å². The normalized spacial score (nSPS) is 19.6. The van der Waals surface area contributed by atoms with Crippen LogP contribution in [-0.2, 0) is 41.4 Å². The molecule has 4 saturated heterocycles. The Labute approximate surface area is 348 Å². The van der Waals surface area contributed by atoms with Gasteiger partial charge in [-0.05, 0) is 48.2 Å². The molecule has 332 valence electrons. The SMILES string of the molecule is COc1cc(CC(=O)N2CCC(OCCN3CCOCC3)C2)cc(OC)c1OC.COc1cc(CC(=O)N2CCC(OCCN3CCOCC3)C2)cc(OC)c1OC.O. The van der Waals surface area contributed by atoms with Gasteiger partial charge in [0.1, 0.15) is 0 Å². The Bertz CT molecular complexity index is 1420. The summed E-state index contributed by atoms with van der Waals surface area (Å²) in [7, 11) is 9.41. The third-order valence-corrected chi connectivity index (χ3v) is 10.9. The van der Waals surface area contributed by atoms with Crippen molar-refractivity contribution < 1.29 is 62.4 Å². The zero-order valence-corrected chi connectivity index (χ0v) is 35.8. The Morgan fingerprint density at radius 1 is 0.542 bits per heavy atom. The van der Waals surface area contributed by atoms with E-state index in [4.69, 9.17) is 47.4 Å². The minimum Gasteiger partial charge on any atom is -0.493 e. The number of amides is 2. The summed E-state index contributed by atoms with van der Waals surface area (Å²) in [6.45, 7) is 13.0. The fourth-order valence-electron chi connectivity index (χ4n) is 7.58. The minimum absolute atomic E-state index is 0. The number of ether oxygens (including phenoxy) is 10. The van der Waals surface area contributed by atoms with Crippen LogP contribution in [0.4, 0.5) is 0 Å². The van der Waals surface area contributed by atoms with Crippen LogP contribution in [0.5, 0.6) is 34.5 Å². The molecule has 2 amide bonds. The Kier molecular flexibility index (Phi) is 20.0. The lowest BCUT2D eigenvalue weighted by atomic mass is 10.1. The molecule has 2 atom stereocenters. The van der Waals surface area contributed by atoms with Crippen molar-refractivity contribution in [2.45, 2.75) is 37.9 Å². The number of hydrogen-bond donors (Lipinski definition) is 0. The van der Waals surface area contributed by atoms with Crippen LogP contribution in [0.1, 0.15) is 24.0 Å². The van der Waals surface area contributed by atoms with Crippen molar-refractivity contribution in [2.75, 3.05) is 148 Å². The number of likely N-dealkylation sites (tertiary alicyclic amines) is 2. The van der Waals surface area contributed by atoms with Crippen molar-refractivity contribution in [1.29, 1.82) is 0 Å². The number of morpholine rings is 2. The van der Waals surface area contributed by atoms with Gasteiger partial charge in [0.05, 0.1) is 107 Å². The molecule has 2 aromatic rings. The van der Waals surface area contributed by atoms with Crippen LogP contribution in [0, 0.1) is 0 Å². The number of methoxy groups -OCH3 is 6. The molecule has 0 bridgehead atoms. The lowest BCUT2D eigenvalue weighted by Crippen LogP contribution is -2.39.